The molecule has 7 heteroatoms. The predicted molar refractivity (Wildman–Crippen MR) is 106 cm³/mol. The fraction of sp³-hybridized carbons (Fsp3) is 0.348. The monoisotopic (exact) mass is 410 g/mol. The van der Waals surface area contributed by atoms with Crippen LogP contribution in [0.4, 0.5) is 0 Å². The van der Waals surface area contributed by atoms with E-state index in [-0.39, 0.29) is 18.1 Å². The fourth-order valence-corrected chi connectivity index (χ4v) is 4.03. The van der Waals surface area contributed by atoms with Crippen LogP contribution < -0.4 is 4.74 Å². The third kappa shape index (κ3) is 3.75. The van der Waals surface area contributed by atoms with Crippen LogP contribution in [0.25, 0.3) is 0 Å². The van der Waals surface area contributed by atoms with Crippen molar-refractivity contribution in [2.75, 3.05) is 7.11 Å². The zero-order valence-corrected chi connectivity index (χ0v) is 16.8. The summed E-state index contributed by atoms with van der Waals surface area (Å²) in [6, 6.07) is 6.56. The number of esters is 3. The first-order valence-electron chi connectivity index (χ1n) is 9.69. The van der Waals surface area contributed by atoms with Crippen LogP contribution in [0.15, 0.2) is 59.7 Å². The van der Waals surface area contributed by atoms with E-state index in [9.17, 15) is 14.4 Å². The second-order valence-corrected chi connectivity index (χ2v) is 7.65. The van der Waals surface area contributed by atoms with Gasteiger partial charge < -0.3 is 18.9 Å². The van der Waals surface area contributed by atoms with Gasteiger partial charge in [-0.2, -0.15) is 0 Å². The quantitative estimate of drug-likeness (QED) is 0.328. The zero-order valence-electron chi connectivity index (χ0n) is 16.8. The Morgan fingerprint density at radius 1 is 1.07 bits per heavy atom. The maximum atomic E-state index is 12.8. The van der Waals surface area contributed by atoms with Gasteiger partial charge in [-0.05, 0) is 43.3 Å². The van der Waals surface area contributed by atoms with Crippen molar-refractivity contribution >= 4 is 17.9 Å². The number of benzene rings is 1. The molecule has 2 aliphatic heterocycles. The van der Waals surface area contributed by atoms with Crippen molar-refractivity contribution in [2.24, 2.45) is 5.92 Å². The molecule has 0 amide bonds. The molecule has 1 fully saturated rings. The Morgan fingerprint density at radius 3 is 2.50 bits per heavy atom. The molecule has 0 N–H and O–H groups in total. The molecular formula is C23H22O7. The first-order chi connectivity index (χ1) is 14.4. The highest BCUT2D eigenvalue weighted by atomic mass is 16.6. The molecule has 0 aromatic heterocycles. The summed E-state index contributed by atoms with van der Waals surface area (Å²) in [5.74, 6) is -1.47. The van der Waals surface area contributed by atoms with Crippen molar-refractivity contribution in [3.05, 3.63) is 65.3 Å². The highest BCUT2D eigenvalue weighted by Gasteiger charge is 2.46. The molecule has 30 heavy (non-hydrogen) atoms. The Kier molecular flexibility index (Phi) is 5.20. The van der Waals surface area contributed by atoms with Gasteiger partial charge in [0, 0.05) is 24.0 Å². The average Bonchev–Trinajstić information content (AvgIpc) is 3.19. The topological polar surface area (TPSA) is 88.1 Å². The summed E-state index contributed by atoms with van der Waals surface area (Å²) >= 11 is 0. The molecule has 156 valence electrons. The van der Waals surface area contributed by atoms with Gasteiger partial charge in [-0.1, -0.05) is 12.2 Å². The Morgan fingerprint density at radius 2 is 1.80 bits per heavy atom. The molecule has 1 aromatic rings. The highest BCUT2D eigenvalue weighted by Crippen LogP contribution is 2.38. The average molecular weight is 410 g/mol. The Labute approximate surface area is 173 Å². The van der Waals surface area contributed by atoms with Gasteiger partial charge in [0.25, 0.3) is 0 Å². The molecule has 2 heterocycles. The number of methoxy groups -OCH3 is 1. The minimum Gasteiger partial charge on any atom is -0.497 e. The van der Waals surface area contributed by atoms with E-state index in [2.05, 4.69) is 6.58 Å². The number of carbonyl (C=O) groups is 3. The van der Waals surface area contributed by atoms with Crippen LogP contribution in [0.3, 0.4) is 0 Å². The zero-order chi connectivity index (χ0) is 21.4. The van der Waals surface area contributed by atoms with Gasteiger partial charge in [0.1, 0.15) is 24.1 Å². The number of ether oxygens (including phenoxy) is 4. The van der Waals surface area contributed by atoms with Crippen molar-refractivity contribution in [2.45, 2.75) is 38.1 Å². The first-order valence-corrected chi connectivity index (χ1v) is 9.69. The van der Waals surface area contributed by atoms with Gasteiger partial charge in [-0.3, -0.25) is 0 Å². The summed E-state index contributed by atoms with van der Waals surface area (Å²) in [6.07, 6.45) is 2.42. The summed E-state index contributed by atoms with van der Waals surface area (Å²) in [4.78, 5) is 37.2. The number of hydrogen-bond acceptors (Lipinski definition) is 7. The van der Waals surface area contributed by atoms with Crippen LogP contribution in [-0.4, -0.2) is 43.3 Å². The molecule has 3 aliphatic rings. The predicted octanol–water partition coefficient (Wildman–Crippen LogP) is 2.91. The second-order valence-electron chi connectivity index (χ2n) is 7.65. The van der Waals surface area contributed by atoms with Gasteiger partial charge in [-0.25, -0.2) is 14.4 Å². The van der Waals surface area contributed by atoms with Crippen LogP contribution in [0.2, 0.25) is 0 Å². The summed E-state index contributed by atoms with van der Waals surface area (Å²) in [5, 5.41) is 0. The molecule has 7 nitrogen and oxygen atoms in total. The SMILES string of the molecule is C=C1C(=O)OC2CC3=C[C@@H](C/C(C)=C/C(OC(=O)c4ccc(OC)cc4)[C@H]12)OC3=O. The van der Waals surface area contributed by atoms with Crippen molar-refractivity contribution in [1.29, 1.82) is 0 Å². The normalized spacial score (nSPS) is 29.7. The minimum absolute atomic E-state index is 0.189. The van der Waals surface area contributed by atoms with E-state index in [1.54, 1.807) is 43.5 Å². The van der Waals surface area contributed by atoms with E-state index in [1.807, 2.05) is 6.92 Å². The van der Waals surface area contributed by atoms with Crippen LogP contribution in [0.1, 0.15) is 30.1 Å². The van der Waals surface area contributed by atoms with Crippen LogP contribution in [-0.2, 0) is 23.8 Å². The smallest absolute Gasteiger partial charge is 0.338 e. The van der Waals surface area contributed by atoms with E-state index in [0.29, 0.717) is 23.3 Å². The lowest BCUT2D eigenvalue weighted by Crippen LogP contribution is -2.33. The molecular weight excluding hydrogens is 388 g/mol. The van der Waals surface area contributed by atoms with Gasteiger partial charge >= 0.3 is 17.9 Å². The molecule has 2 bridgehead atoms. The summed E-state index contributed by atoms with van der Waals surface area (Å²) in [7, 11) is 1.54. The summed E-state index contributed by atoms with van der Waals surface area (Å²) in [6.45, 7) is 5.72. The maximum Gasteiger partial charge on any atom is 0.338 e. The van der Waals surface area contributed by atoms with Crippen LogP contribution in [0, 0.1) is 5.92 Å². The lowest BCUT2D eigenvalue weighted by Gasteiger charge is -2.26. The molecule has 4 atom stereocenters. The molecule has 1 aromatic carbocycles. The van der Waals surface area contributed by atoms with Gasteiger partial charge in [0.15, 0.2) is 0 Å². The van der Waals surface area contributed by atoms with Crippen LogP contribution >= 0.6 is 0 Å². The summed E-state index contributed by atoms with van der Waals surface area (Å²) in [5.41, 5.74) is 1.91. The van der Waals surface area contributed by atoms with Crippen molar-refractivity contribution in [3.8, 4) is 5.75 Å². The van der Waals surface area contributed by atoms with E-state index < -0.39 is 36.0 Å². The molecule has 1 saturated heterocycles. The van der Waals surface area contributed by atoms with Gasteiger partial charge in [-0.15, -0.1) is 0 Å². The third-order valence-corrected chi connectivity index (χ3v) is 5.55. The van der Waals surface area contributed by atoms with E-state index in [4.69, 9.17) is 18.9 Å². The molecule has 4 rings (SSSR count). The number of carbonyl (C=O) groups excluding carboxylic acids is 3. The fourth-order valence-electron chi connectivity index (χ4n) is 4.03. The van der Waals surface area contributed by atoms with E-state index in [1.165, 1.54) is 0 Å². The highest BCUT2D eigenvalue weighted by molar-refractivity contribution is 5.94. The summed E-state index contributed by atoms with van der Waals surface area (Å²) < 4.78 is 21.8. The number of hydrogen-bond donors (Lipinski definition) is 0. The number of rotatable bonds is 3. The molecule has 1 aliphatic carbocycles. The standard InChI is InChI=1S/C23H22O7/c1-12-8-17-10-15(23(26)28-17)11-19-20(13(2)21(24)29-19)18(9-12)30-22(25)14-4-6-16(27-3)7-5-14/h4-7,9-10,17-20H,2,8,11H2,1,3H3/b12-9+/t17-,18?,19?,20+/m1/s1. The van der Waals surface area contributed by atoms with Crippen molar-refractivity contribution < 1.29 is 33.3 Å². The van der Waals surface area contributed by atoms with E-state index in [0.717, 1.165) is 5.57 Å². The molecule has 0 radical (unpaired) electrons. The Balaban J connectivity index is 1.65. The lowest BCUT2D eigenvalue weighted by atomic mass is 9.85. The Bertz CT molecular complexity index is 970. The van der Waals surface area contributed by atoms with Crippen molar-refractivity contribution in [3.63, 3.8) is 0 Å². The maximum absolute atomic E-state index is 12.8. The van der Waals surface area contributed by atoms with E-state index >= 15 is 0 Å². The van der Waals surface area contributed by atoms with Gasteiger partial charge in [0.05, 0.1) is 18.6 Å². The Hall–Kier alpha value is -3.35. The molecule has 2 unspecified atom stereocenters. The van der Waals surface area contributed by atoms with Gasteiger partial charge in [0.2, 0.25) is 0 Å². The van der Waals surface area contributed by atoms with Crippen LogP contribution in [0.5, 0.6) is 5.75 Å². The third-order valence-electron chi connectivity index (χ3n) is 5.55. The minimum atomic E-state index is -0.767. The molecule has 0 spiro atoms. The number of fused-ring (bicyclic) bond motifs is 2. The van der Waals surface area contributed by atoms with Crippen molar-refractivity contribution in [1.82, 2.24) is 0 Å². The second kappa shape index (κ2) is 7.82. The largest absolute Gasteiger partial charge is 0.497 e. The lowest BCUT2D eigenvalue weighted by molar-refractivity contribution is -0.142. The first kappa shape index (κ1) is 19.9. The molecule has 0 saturated carbocycles.